The average Bonchev–Trinajstić information content (AvgIpc) is 3.30. The molecule has 0 bridgehead atoms. The van der Waals surface area contributed by atoms with Crippen molar-refractivity contribution in [2.45, 2.75) is 58.2 Å². The van der Waals surface area contributed by atoms with Crippen molar-refractivity contribution in [2.24, 2.45) is 0 Å². The summed E-state index contributed by atoms with van der Waals surface area (Å²) in [6, 6.07) is 7.43. The molecule has 2 aliphatic heterocycles. The lowest BCUT2D eigenvalue weighted by molar-refractivity contribution is -0.152. The fraction of sp³-hybridized carbons (Fsp3) is 0.500. The number of piperazine rings is 1. The highest BCUT2D eigenvalue weighted by atomic mass is 16.2. The smallest absolute Gasteiger partial charge is 0.245 e. The van der Waals surface area contributed by atoms with Crippen molar-refractivity contribution in [1.29, 1.82) is 0 Å². The lowest BCUT2D eigenvalue weighted by Gasteiger charge is -2.41. The summed E-state index contributed by atoms with van der Waals surface area (Å²) >= 11 is 0. The molecule has 6 heteroatoms. The maximum absolute atomic E-state index is 13.1. The Bertz CT molecular complexity index is 932. The van der Waals surface area contributed by atoms with Crippen LogP contribution in [0.25, 0.3) is 10.9 Å². The summed E-state index contributed by atoms with van der Waals surface area (Å²) in [7, 11) is 0. The third kappa shape index (κ3) is 3.11. The van der Waals surface area contributed by atoms with Gasteiger partial charge in [0.25, 0.3) is 0 Å². The van der Waals surface area contributed by atoms with Gasteiger partial charge in [0.15, 0.2) is 5.78 Å². The predicted octanol–water partition coefficient (Wildman–Crippen LogP) is 2.85. The maximum Gasteiger partial charge on any atom is 0.245 e. The van der Waals surface area contributed by atoms with Crippen LogP contribution < -0.4 is 0 Å². The highest BCUT2D eigenvalue weighted by Crippen LogP contribution is 2.27. The van der Waals surface area contributed by atoms with Crippen LogP contribution in [0.4, 0.5) is 0 Å². The van der Waals surface area contributed by atoms with E-state index in [1.165, 1.54) is 0 Å². The number of carbonyl (C=O) groups excluding carboxylic acids is 3. The standard InChI is InChI=1S/C22H27N3O3/c1-3-7-20(26)18-13-23(19-10-5-4-9-17(18)19)14-21(27)25-12-16-8-6-11-24(16)22(28)15(25)2/h4-5,9-10,13,15-16H,3,6-8,11-12,14H2,1-2H3/t15-,16+/m0/s1. The first-order valence-electron chi connectivity index (χ1n) is 10.2. The molecule has 2 atom stereocenters. The predicted molar refractivity (Wildman–Crippen MR) is 107 cm³/mol. The Kier molecular flexibility index (Phi) is 4.96. The largest absolute Gasteiger partial charge is 0.337 e. The van der Waals surface area contributed by atoms with Gasteiger partial charge < -0.3 is 14.4 Å². The van der Waals surface area contributed by atoms with Gasteiger partial charge in [-0.3, -0.25) is 14.4 Å². The number of Topliss-reactive ketones (excluding diaryl/α,β-unsaturated/α-hetero) is 1. The van der Waals surface area contributed by atoms with Crippen molar-refractivity contribution in [3.05, 3.63) is 36.0 Å². The molecule has 2 aliphatic rings. The zero-order valence-electron chi connectivity index (χ0n) is 16.6. The van der Waals surface area contributed by atoms with Crippen molar-refractivity contribution in [3.8, 4) is 0 Å². The van der Waals surface area contributed by atoms with Crippen LogP contribution in [0.15, 0.2) is 30.5 Å². The van der Waals surface area contributed by atoms with Crippen LogP contribution in [0, 0.1) is 0 Å². The number of hydrogen-bond acceptors (Lipinski definition) is 3. The Balaban J connectivity index is 1.60. The molecule has 0 N–H and O–H groups in total. The maximum atomic E-state index is 13.1. The van der Waals surface area contributed by atoms with E-state index in [1.54, 1.807) is 11.1 Å². The Hall–Kier alpha value is -2.63. The Labute approximate surface area is 165 Å². The number of hydrogen-bond donors (Lipinski definition) is 0. The van der Waals surface area contributed by atoms with Gasteiger partial charge in [0, 0.05) is 48.2 Å². The summed E-state index contributed by atoms with van der Waals surface area (Å²) < 4.78 is 1.86. The van der Waals surface area contributed by atoms with Crippen LogP contribution in [0.2, 0.25) is 0 Å². The molecule has 6 nitrogen and oxygen atoms in total. The number of rotatable bonds is 5. The van der Waals surface area contributed by atoms with Gasteiger partial charge in [0.1, 0.15) is 12.6 Å². The van der Waals surface area contributed by atoms with Crippen LogP contribution >= 0.6 is 0 Å². The van der Waals surface area contributed by atoms with E-state index in [0.29, 0.717) is 18.5 Å². The van der Waals surface area contributed by atoms with Gasteiger partial charge in [-0.1, -0.05) is 25.1 Å². The minimum Gasteiger partial charge on any atom is -0.337 e. The van der Waals surface area contributed by atoms with E-state index in [1.807, 2.05) is 47.6 Å². The lowest BCUT2D eigenvalue weighted by atomic mass is 10.1. The van der Waals surface area contributed by atoms with E-state index in [-0.39, 0.29) is 30.2 Å². The zero-order valence-corrected chi connectivity index (χ0v) is 16.6. The first-order chi connectivity index (χ1) is 13.5. The molecule has 0 saturated carbocycles. The highest BCUT2D eigenvalue weighted by Gasteiger charge is 2.42. The second-order valence-corrected chi connectivity index (χ2v) is 7.91. The van der Waals surface area contributed by atoms with Crippen LogP contribution in [-0.4, -0.2) is 57.1 Å². The minimum atomic E-state index is -0.426. The first-order valence-corrected chi connectivity index (χ1v) is 10.2. The van der Waals surface area contributed by atoms with E-state index in [2.05, 4.69) is 0 Å². The van der Waals surface area contributed by atoms with Crippen LogP contribution in [-0.2, 0) is 16.1 Å². The third-order valence-corrected chi connectivity index (χ3v) is 6.08. The molecule has 0 unspecified atom stereocenters. The molecular weight excluding hydrogens is 354 g/mol. The molecule has 2 amide bonds. The van der Waals surface area contributed by atoms with Gasteiger partial charge in [-0.25, -0.2) is 0 Å². The molecular formula is C22H27N3O3. The molecule has 4 rings (SSSR count). The molecule has 2 saturated heterocycles. The quantitative estimate of drug-likeness (QED) is 0.748. The lowest BCUT2D eigenvalue weighted by Crippen LogP contribution is -2.60. The fourth-order valence-electron chi connectivity index (χ4n) is 4.59. The van der Waals surface area contributed by atoms with Gasteiger partial charge in [-0.15, -0.1) is 0 Å². The first kappa shape index (κ1) is 18.7. The minimum absolute atomic E-state index is 0.0540. The molecule has 28 heavy (non-hydrogen) atoms. The SMILES string of the molecule is CCCC(=O)c1cn(CC(=O)N2C[C@H]3CCCN3C(=O)[C@@H]2C)c2ccccc12. The number of aromatic nitrogens is 1. The summed E-state index contributed by atoms with van der Waals surface area (Å²) in [5.41, 5.74) is 1.56. The molecule has 1 aromatic heterocycles. The summed E-state index contributed by atoms with van der Waals surface area (Å²) in [5, 5.41) is 0.887. The number of fused-ring (bicyclic) bond motifs is 2. The molecule has 1 aromatic carbocycles. The number of nitrogens with zero attached hydrogens (tertiary/aromatic N) is 3. The highest BCUT2D eigenvalue weighted by molar-refractivity contribution is 6.08. The second kappa shape index (κ2) is 7.41. The van der Waals surface area contributed by atoms with Crippen molar-refractivity contribution in [2.75, 3.05) is 13.1 Å². The van der Waals surface area contributed by atoms with E-state index in [0.717, 1.165) is 36.7 Å². The summed E-state index contributed by atoms with van der Waals surface area (Å²) in [6.07, 6.45) is 5.07. The molecule has 0 aliphatic carbocycles. The fourth-order valence-corrected chi connectivity index (χ4v) is 4.59. The number of ketones is 1. The van der Waals surface area contributed by atoms with Crippen molar-refractivity contribution in [3.63, 3.8) is 0 Å². The van der Waals surface area contributed by atoms with Crippen molar-refractivity contribution < 1.29 is 14.4 Å². The van der Waals surface area contributed by atoms with E-state index in [9.17, 15) is 14.4 Å². The van der Waals surface area contributed by atoms with Crippen molar-refractivity contribution >= 4 is 28.5 Å². The number of benzene rings is 1. The number of carbonyl (C=O) groups is 3. The Morgan fingerprint density at radius 2 is 2.00 bits per heavy atom. The molecule has 2 fully saturated rings. The Morgan fingerprint density at radius 1 is 1.21 bits per heavy atom. The van der Waals surface area contributed by atoms with E-state index in [4.69, 9.17) is 0 Å². The van der Waals surface area contributed by atoms with Gasteiger partial charge in [0.05, 0.1) is 0 Å². The normalized spacial score (nSPS) is 22.0. The van der Waals surface area contributed by atoms with Gasteiger partial charge >= 0.3 is 0 Å². The third-order valence-electron chi connectivity index (χ3n) is 6.08. The summed E-state index contributed by atoms with van der Waals surface area (Å²) in [6.45, 7) is 5.36. The molecule has 0 spiro atoms. The van der Waals surface area contributed by atoms with Gasteiger partial charge in [0.2, 0.25) is 11.8 Å². The average molecular weight is 381 g/mol. The van der Waals surface area contributed by atoms with Crippen molar-refractivity contribution in [1.82, 2.24) is 14.4 Å². The monoisotopic (exact) mass is 381 g/mol. The summed E-state index contributed by atoms with van der Waals surface area (Å²) in [5.74, 6) is 0.0916. The number of amides is 2. The van der Waals surface area contributed by atoms with Crippen LogP contribution in [0.1, 0.15) is 49.9 Å². The Morgan fingerprint density at radius 3 is 2.79 bits per heavy atom. The van der Waals surface area contributed by atoms with Crippen LogP contribution in [0.3, 0.4) is 0 Å². The van der Waals surface area contributed by atoms with E-state index < -0.39 is 6.04 Å². The van der Waals surface area contributed by atoms with Gasteiger partial charge in [-0.05, 0) is 32.3 Å². The second-order valence-electron chi connectivity index (χ2n) is 7.91. The van der Waals surface area contributed by atoms with E-state index >= 15 is 0 Å². The summed E-state index contributed by atoms with van der Waals surface area (Å²) in [4.78, 5) is 41.9. The number of para-hydroxylation sites is 1. The van der Waals surface area contributed by atoms with Gasteiger partial charge in [-0.2, -0.15) is 0 Å². The molecule has 148 valence electrons. The molecule has 0 radical (unpaired) electrons. The van der Waals surface area contributed by atoms with Crippen LogP contribution in [0.5, 0.6) is 0 Å². The molecule has 2 aromatic rings. The topological polar surface area (TPSA) is 62.6 Å². The molecule has 3 heterocycles. The zero-order chi connectivity index (χ0) is 19.8.